The Morgan fingerprint density at radius 1 is 1.16 bits per heavy atom. The molecule has 1 fully saturated rings. The number of hydrogen-bond donors (Lipinski definition) is 3. The first-order valence-corrected chi connectivity index (χ1v) is 16.2. The number of halogens is 2. The number of rotatable bonds is 11. The molecule has 0 radical (unpaired) electrons. The maximum atomic E-state index is 12.7. The standard InChI is InChI=1S/C28H36N4O3S.C4H6F2O/c1-32-18-28(30-20-32)36(33,34)31-17-23-11-12-27-25(16-23)24(15-22-9-3-2-4-10-22)26(19-35-27)29-14-13-21-7-5-6-8-21;1-3(7)4(2,5)6/h2-4,9-12,16,18,20-21,24,26,29,31H,5-8,13-15,17,19H2,1H3;7H,1H2,2H3. The zero-order valence-electron chi connectivity index (χ0n) is 24.8. The molecule has 0 saturated heterocycles. The molecule has 2 heterocycles. The van der Waals surface area contributed by atoms with E-state index in [2.05, 4.69) is 51.9 Å². The van der Waals surface area contributed by atoms with Crippen LogP contribution in [-0.4, -0.2) is 48.2 Å². The van der Waals surface area contributed by atoms with Gasteiger partial charge in [0.1, 0.15) is 12.4 Å². The van der Waals surface area contributed by atoms with E-state index in [1.165, 1.54) is 50.2 Å². The Kier molecular flexibility index (Phi) is 11.0. The van der Waals surface area contributed by atoms with Crippen LogP contribution in [0.2, 0.25) is 0 Å². The van der Waals surface area contributed by atoms with E-state index in [1.807, 2.05) is 18.2 Å². The van der Waals surface area contributed by atoms with Gasteiger partial charge in [0.2, 0.25) is 0 Å². The van der Waals surface area contributed by atoms with Crippen LogP contribution >= 0.6 is 0 Å². The van der Waals surface area contributed by atoms with E-state index < -0.39 is 21.7 Å². The summed E-state index contributed by atoms with van der Waals surface area (Å²) in [7, 11) is -1.93. The van der Waals surface area contributed by atoms with E-state index >= 15 is 0 Å². The van der Waals surface area contributed by atoms with Gasteiger partial charge in [-0.1, -0.05) is 74.7 Å². The number of benzene rings is 2. The quantitative estimate of drug-likeness (QED) is 0.233. The fourth-order valence-electron chi connectivity index (χ4n) is 5.51. The topological polar surface area (TPSA) is 105 Å². The molecule has 0 spiro atoms. The highest BCUT2D eigenvalue weighted by molar-refractivity contribution is 7.89. The summed E-state index contributed by atoms with van der Waals surface area (Å²) in [5.74, 6) is -2.25. The van der Waals surface area contributed by atoms with Gasteiger partial charge in [-0.05, 0) is 48.1 Å². The van der Waals surface area contributed by atoms with Crippen molar-refractivity contribution < 1.29 is 27.0 Å². The molecule has 3 aromatic rings. The third-order valence-corrected chi connectivity index (χ3v) is 9.33. The average molecular weight is 617 g/mol. The molecule has 3 N–H and O–H groups in total. The van der Waals surface area contributed by atoms with Gasteiger partial charge in [0.15, 0.2) is 10.8 Å². The number of aryl methyl sites for hydroxylation is 1. The van der Waals surface area contributed by atoms with E-state index in [1.54, 1.807) is 11.6 Å². The second-order valence-corrected chi connectivity index (χ2v) is 13.2. The molecule has 1 aliphatic heterocycles. The van der Waals surface area contributed by atoms with Gasteiger partial charge in [-0.3, -0.25) is 0 Å². The molecule has 1 aliphatic carbocycles. The van der Waals surface area contributed by atoms with Gasteiger partial charge in [0.25, 0.3) is 15.9 Å². The number of alkyl halides is 2. The van der Waals surface area contributed by atoms with Crippen molar-refractivity contribution in [2.75, 3.05) is 13.2 Å². The van der Waals surface area contributed by atoms with Crippen LogP contribution in [0.5, 0.6) is 5.75 Å². The summed E-state index contributed by atoms with van der Waals surface area (Å²) in [6.45, 7) is 5.05. The van der Waals surface area contributed by atoms with Crippen LogP contribution in [0.1, 0.15) is 61.6 Å². The minimum atomic E-state index is -3.68. The molecule has 5 rings (SSSR count). The Morgan fingerprint density at radius 2 is 1.86 bits per heavy atom. The van der Waals surface area contributed by atoms with Gasteiger partial charge in [-0.15, -0.1) is 0 Å². The van der Waals surface area contributed by atoms with E-state index in [-0.39, 0.29) is 23.5 Å². The zero-order valence-corrected chi connectivity index (χ0v) is 25.6. The summed E-state index contributed by atoms with van der Waals surface area (Å²) in [6, 6.07) is 16.8. The normalized spacial score (nSPS) is 18.8. The minimum absolute atomic E-state index is 0.0276. The molecule has 2 atom stereocenters. The Hall–Kier alpha value is -3.28. The highest BCUT2D eigenvalue weighted by atomic mass is 32.2. The Balaban J connectivity index is 0.000000541. The average Bonchev–Trinajstić information content (AvgIpc) is 3.66. The largest absolute Gasteiger partial charge is 0.507 e. The lowest BCUT2D eigenvalue weighted by atomic mass is 9.83. The summed E-state index contributed by atoms with van der Waals surface area (Å²) in [5, 5.41) is 11.8. The zero-order chi connectivity index (χ0) is 31.0. The molecular formula is C32H42F2N4O4S. The summed E-state index contributed by atoms with van der Waals surface area (Å²) < 4.78 is 58.8. The third kappa shape index (κ3) is 9.35. The van der Waals surface area contributed by atoms with Crippen molar-refractivity contribution in [3.05, 3.63) is 90.1 Å². The number of aromatic nitrogens is 2. The molecule has 0 amide bonds. The van der Waals surface area contributed by atoms with Gasteiger partial charge < -0.3 is 19.7 Å². The number of imidazole rings is 1. The van der Waals surface area contributed by atoms with Crippen molar-refractivity contribution in [3.63, 3.8) is 0 Å². The second kappa shape index (κ2) is 14.5. The molecule has 2 aromatic carbocycles. The van der Waals surface area contributed by atoms with Crippen LogP contribution in [0, 0.1) is 5.92 Å². The van der Waals surface area contributed by atoms with Crippen LogP contribution in [0.25, 0.3) is 0 Å². The fourth-order valence-corrected chi connectivity index (χ4v) is 6.51. The van der Waals surface area contributed by atoms with Crippen LogP contribution in [-0.2, 0) is 30.0 Å². The Morgan fingerprint density at radius 3 is 2.49 bits per heavy atom. The lowest BCUT2D eigenvalue weighted by Crippen LogP contribution is -2.44. The molecule has 1 saturated carbocycles. The van der Waals surface area contributed by atoms with Crippen molar-refractivity contribution in [1.82, 2.24) is 19.6 Å². The second-order valence-electron chi connectivity index (χ2n) is 11.5. The molecule has 11 heteroatoms. The summed E-state index contributed by atoms with van der Waals surface area (Å²) >= 11 is 0. The summed E-state index contributed by atoms with van der Waals surface area (Å²) in [4.78, 5) is 3.98. The predicted octanol–water partition coefficient (Wildman–Crippen LogP) is 5.87. The van der Waals surface area contributed by atoms with Crippen LogP contribution < -0.4 is 14.8 Å². The van der Waals surface area contributed by atoms with Crippen LogP contribution in [0.15, 0.2) is 78.4 Å². The number of nitrogens with zero attached hydrogens (tertiary/aromatic N) is 2. The first-order valence-electron chi connectivity index (χ1n) is 14.7. The van der Waals surface area contributed by atoms with Crippen LogP contribution in [0.3, 0.4) is 0 Å². The lowest BCUT2D eigenvalue weighted by molar-refractivity contribution is 0.0197. The van der Waals surface area contributed by atoms with E-state index in [9.17, 15) is 17.2 Å². The lowest BCUT2D eigenvalue weighted by Gasteiger charge is -2.35. The molecule has 2 unspecified atom stereocenters. The minimum Gasteiger partial charge on any atom is -0.507 e. The summed E-state index contributed by atoms with van der Waals surface area (Å²) in [5.41, 5.74) is 3.33. The number of aliphatic hydroxyl groups excluding tert-OH is 1. The van der Waals surface area contributed by atoms with Crippen molar-refractivity contribution in [2.45, 2.75) is 74.9 Å². The number of aliphatic hydroxyl groups is 1. The molecule has 234 valence electrons. The van der Waals surface area contributed by atoms with Crippen LogP contribution in [0.4, 0.5) is 8.78 Å². The predicted molar refractivity (Wildman–Crippen MR) is 163 cm³/mol. The van der Waals surface area contributed by atoms with Gasteiger partial charge in [-0.25, -0.2) is 18.1 Å². The van der Waals surface area contributed by atoms with E-state index in [0.717, 1.165) is 35.8 Å². The SMILES string of the molecule is C=C(O)C(C)(F)F.Cn1cnc(S(=O)(=O)NCc2ccc3c(c2)C(Cc2ccccc2)C(NCCC2CCCC2)CO3)c1. The number of sulfonamides is 1. The monoisotopic (exact) mass is 616 g/mol. The Bertz CT molecular complexity index is 1450. The highest BCUT2D eigenvalue weighted by Crippen LogP contribution is 2.37. The van der Waals surface area contributed by atoms with Crippen molar-refractivity contribution in [1.29, 1.82) is 0 Å². The molecule has 2 aliphatic rings. The Labute approximate surface area is 253 Å². The van der Waals surface area contributed by atoms with E-state index in [4.69, 9.17) is 9.84 Å². The van der Waals surface area contributed by atoms with Gasteiger partial charge >= 0.3 is 0 Å². The van der Waals surface area contributed by atoms with Crippen molar-refractivity contribution in [3.8, 4) is 5.75 Å². The molecular weight excluding hydrogens is 574 g/mol. The molecule has 8 nitrogen and oxygen atoms in total. The maximum absolute atomic E-state index is 12.7. The third-order valence-electron chi connectivity index (χ3n) is 8.04. The van der Waals surface area contributed by atoms with Crippen molar-refractivity contribution in [2.24, 2.45) is 13.0 Å². The van der Waals surface area contributed by atoms with Gasteiger partial charge in [0, 0.05) is 38.7 Å². The maximum Gasteiger partial charge on any atom is 0.300 e. The fraction of sp³-hybridized carbons (Fsp3) is 0.469. The highest BCUT2D eigenvalue weighted by Gasteiger charge is 2.31. The molecule has 43 heavy (non-hydrogen) atoms. The van der Waals surface area contributed by atoms with E-state index in [0.29, 0.717) is 13.5 Å². The molecule has 0 bridgehead atoms. The summed E-state index contributed by atoms with van der Waals surface area (Å²) in [6.07, 6.45) is 10.6. The number of nitrogens with one attached hydrogen (secondary N) is 2. The number of allylic oxidation sites excluding steroid dienone is 1. The van der Waals surface area contributed by atoms with Gasteiger partial charge in [0.05, 0.1) is 6.33 Å². The number of fused-ring (bicyclic) bond motifs is 1. The smallest absolute Gasteiger partial charge is 0.300 e. The van der Waals surface area contributed by atoms with Crippen molar-refractivity contribution >= 4 is 10.0 Å². The molecule has 1 aromatic heterocycles. The van der Waals surface area contributed by atoms with Gasteiger partial charge in [-0.2, -0.15) is 8.78 Å². The first-order chi connectivity index (χ1) is 20.4. The first kappa shape index (κ1) is 32.6. The number of hydrogen-bond acceptors (Lipinski definition) is 6. The number of ether oxygens (including phenoxy) is 1.